The predicted octanol–water partition coefficient (Wildman–Crippen LogP) is 3.67. The van der Waals surface area contributed by atoms with E-state index in [0.717, 1.165) is 0 Å². The first-order valence-corrected chi connectivity index (χ1v) is 9.11. The summed E-state index contributed by atoms with van der Waals surface area (Å²) in [5.74, 6) is -0.0730. The van der Waals surface area contributed by atoms with E-state index in [1.54, 1.807) is 31.0 Å². The molecule has 0 radical (unpaired) electrons. The van der Waals surface area contributed by atoms with Crippen LogP contribution >= 0.6 is 0 Å². The number of carbonyl (C=O) groups excluding carboxylic acids is 1. The van der Waals surface area contributed by atoms with Crippen LogP contribution in [0.25, 0.3) is 0 Å². The van der Waals surface area contributed by atoms with E-state index in [-0.39, 0.29) is 28.6 Å². The Balaban J connectivity index is 2.11. The first-order chi connectivity index (χ1) is 14.7. The molecule has 1 N–H and O–H groups in total. The number of hydrogen-bond acceptors (Lipinski definition) is 7. The quantitative estimate of drug-likeness (QED) is 0.445. The van der Waals surface area contributed by atoms with E-state index in [1.807, 2.05) is 0 Å². The first kappa shape index (κ1) is 23.8. The largest absolute Gasteiger partial charge is 0.495 e. The number of anilines is 1. The van der Waals surface area contributed by atoms with Crippen LogP contribution in [0.15, 0.2) is 36.4 Å². The van der Waals surface area contributed by atoms with Crippen LogP contribution in [0.4, 0.5) is 20.2 Å². The zero-order valence-electron chi connectivity index (χ0n) is 17.4. The minimum atomic E-state index is -2.98. The van der Waals surface area contributed by atoms with Crippen LogP contribution in [-0.2, 0) is 11.3 Å². The average molecular weight is 439 g/mol. The van der Waals surface area contributed by atoms with Crippen molar-refractivity contribution >= 4 is 17.3 Å². The summed E-state index contributed by atoms with van der Waals surface area (Å²) in [5, 5.41) is 13.6. The molecule has 2 aromatic rings. The summed E-state index contributed by atoms with van der Waals surface area (Å²) in [6.45, 7) is -1.02. The molecule has 0 saturated heterocycles. The lowest BCUT2D eigenvalue weighted by Gasteiger charge is -2.24. The second kappa shape index (κ2) is 10.5. The van der Waals surface area contributed by atoms with Crippen LogP contribution < -0.4 is 19.5 Å². The molecule has 0 saturated carbocycles. The monoisotopic (exact) mass is 439 g/mol. The number of non-ortho nitro benzene ring substituents is 1. The lowest BCUT2D eigenvalue weighted by atomic mass is 10.1. The molecule has 0 aliphatic carbocycles. The summed E-state index contributed by atoms with van der Waals surface area (Å²) in [7, 11) is 4.43. The Morgan fingerprint density at radius 2 is 1.77 bits per heavy atom. The van der Waals surface area contributed by atoms with E-state index in [0.29, 0.717) is 12.1 Å². The first-order valence-electron chi connectivity index (χ1n) is 9.11. The third-order valence-electron chi connectivity index (χ3n) is 4.57. The number of benzene rings is 2. The number of nitrogens with zero attached hydrogens (tertiary/aromatic N) is 2. The van der Waals surface area contributed by atoms with Gasteiger partial charge in [-0.05, 0) is 37.7 Å². The number of nitro benzene ring substituents is 1. The van der Waals surface area contributed by atoms with Crippen LogP contribution in [0.2, 0.25) is 0 Å². The number of methoxy groups -OCH3 is 2. The lowest BCUT2D eigenvalue weighted by Crippen LogP contribution is -2.39. The number of carbonyl (C=O) groups is 1. The molecule has 2 rings (SSSR count). The van der Waals surface area contributed by atoms with Crippen LogP contribution in [0.3, 0.4) is 0 Å². The fourth-order valence-corrected chi connectivity index (χ4v) is 2.77. The number of likely N-dealkylation sites (N-methyl/N-ethyl adjacent to an activating group) is 1. The molecule has 11 heteroatoms. The minimum Gasteiger partial charge on any atom is -0.495 e. The van der Waals surface area contributed by atoms with E-state index in [9.17, 15) is 23.7 Å². The standard InChI is InChI=1S/C20H23F2N3O6/c1-12(19(26)23-15-10-14(25(27)28)6-8-16(15)29-3)24(2)11-13-5-7-17(31-20(21)22)18(9-13)30-4/h5-10,12,20H,11H2,1-4H3,(H,23,26). The molecule has 0 fully saturated rings. The van der Waals surface area contributed by atoms with Crippen molar-refractivity contribution in [1.29, 1.82) is 0 Å². The number of ether oxygens (including phenoxy) is 3. The second-order valence-electron chi connectivity index (χ2n) is 6.59. The van der Waals surface area contributed by atoms with Gasteiger partial charge in [-0.2, -0.15) is 8.78 Å². The number of nitro groups is 1. The van der Waals surface area contributed by atoms with E-state index in [2.05, 4.69) is 10.1 Å². The molecule has 0 spiro atoms. The van der Waals surface area contributed by atoms with Gasteiger partial charge in [-0.1, -0.05) is 6.07 Å². The van der Waals surface area contributed by atoms with Crippen molar-refractivity contribution in [2.24, 2.45) is 0 Å². The van der Waals surface area contributed by atoms with Gasteiger partial charge in [0.2, 0.25) is 5.91 Å². The molecule has 0 heterocycles. The van der Waals surface area contributed by atoms with Gasteiger partial charge in [0.15, 0.2) is 11.5 Å². The molecule has 0 aliphatic rings. The van der Waals surface area contributed by atoms with Crippen molar-refractivity contribution in [2.45, 2.75) is 26.1 Å². The van der Waals surface area contributed by atoms with Crippen molar-refractivity contribution in [1.82, 2.24) is 4.90 Å². The third-order valence-corrected chi connectivity index (χ3v) is 4.57. The smallest absolute Gasteiger partial charge is 0.387 e. The highest BCUT2D eigenvalue weighted by Crippen LogP contribution is 2.31. The predicted molar refractivity (Wildman–Crippen MR) is 109 cm³/mol. The minimum absolute atomic E-state index is 0.0903. The molecule has 9 nitrogen and oxygen atoms in total. The molecule has 1 atom stereocenters. The summed E-state index contributed by atoms with van der Waals surface area (Å²) in [5.41, 5.74) is 0.695. The summed E-state index contributed by atoms with van der Waals surface area (Å²) in [4.78, 5) is 24.8. The van der Waals surface area contributed by atoms with E-state index >= 15 is 0 Å². The normalized spacial score (nSPS) is 11.9. The molecule has 0 aliphatic heterocycles. The lowest BCUT2D eigenvalue weighted by molar-refractivity contribution is -0.384. The Hall–Kier alpha value is -3.47. The Labute approximate surface area is 177 Å². The van der Waals surface area contributed by atoms with Gasteiger partial charge >= 0.3 is 6.61 Å². The highest BCUT2D eigenvalue weighted by Gasteiger charge is 2.21. The third kappa shape index (κ3) is 6.25. The zero-order valence-corrected chi connectivity index (χ0v) is 17.4. The van der Waals surface area contributed by atoms with Crippen molar-refractivity contribution in [2.75, 3.05) is 26.6 Å². The number of rotatable bonds is 10. The molecule has 1 amide bonds. The van der Waals surface area contributed by atoms with Crippen LogP contribution in [-0.4, -0.2) is 49.7 Å². The number of nitrogens with one attached hydrogen (secondary N) is 1. The zero-order chi connectivity index (χ0) is 23.1. The Bertz CT molecular complexity index is 941. The summed E-state index contributed by atoms with van der Waals surface area (Å²) in [6, 6.07) is 7.76. The molecule has 31 heavy (non-hydrogen) atoms. The number of hydrogen-bond donors (Lipinski definition) is 1. The van der Waals surface area contributed by atoms with E-state index in [1.165, 1.54) is 38.5 Å². The Morgan fingerprint density at radius 1 is 1.13 bits per heavy atom. The maximum atomic E-state index is 12.7. The second-order valence-corrected chi connectivity index (χ2v) is 6.59. The molecular formula is C20H23F2N3O6. The molecular weight excluding hydrogens is 416 g/mol. The van der Waals surface area contributed by atoms with Crippen molar-refractivity contribution in [3.8, 4) is 17.2 Å². The number of halogens is 2. The molecule has 168 valence electrons. The Morgan fingerprint density at radius 3 is 2.35 bits per heavy atom. The topological polar surface area (TPSA) is 103 Å². The number of amides is 1. The maximum absolute atomic E-state index is 12.7. The van der Waals surface area contributed by atoms with Gasteiger partial charge in [0.25, 0.3) is 5.69 Å². The molecule has 1 unspecified atom stereocenters. The number of alkyl halides is 2. The summed E-state index contributed by atoms with van der Waals surface area (Å²) in [6.07, 6.45) is 0. The maximum Gasteiger partial charge on any atom is 0.387 e. The summed E-state index contributed by atoms with van der Waals surface area (Å²) >= 11 is 0. The van der Waals surface area contributed by atoms with Gasteiger partial charge in [-0.25, -0.2) is 0 Å². The van der Waals surface area contributed by atoms with Gasteiger partial charge in [0, 0.05) is 18.7 Å². The van der Waals surface area contributed by atoms with Crippen LogP contribution in [0, 0.1) is 10.1 Å². The fraction of sp³-hybridized carbons (Fsp3) is 0.350. The van der Waals surface area contributed by atoms with Crippen LogP contribution in [0.1, 0.15) is 12.5 Å². The average Bonchev–Trinajstić information content (AvgIpc) is 2.73. The van der Waals surface area contributed by atoms with Crippen molar-refractivity contribution in [3.63, 3.8) is 0 Å². The van der Waals surface area contributed by atoms with Gasteiger partial charge in [0.05, 0.1) is 30.9 Å². The summed E-state index contributed by atoms with van der Waals surface area (Å²) < 4.78 is 39.6. The Kier molecular flexibility index (Phi) is 8.08. The van der Waals surface area contributed by atoms with Crippen LogP contribution in [0.5, 0.6) is 17.2 Å². The van der Waals surface area contributed by atoms with Gasteiger partial charge in [0.1, 0.15) is 5.75 Å². The highest BCUT2D eigenvalue weighted by molar-refractivity contribution is 5.96. The highest BCUT2D eigenvalue weighted by atomic mass is 19.3. The molecule has 2 aromatic carbocycles. The van der Waals surface area contributed by atoms with Gasteiger partial charge < -0.3 is 19.5 Å². The van der Waals surface area contributed by atoms with Crippen molar-refractivity contribution in [3.05, 3.63) is 52.1 Å². The van der Waals surface area contributed by atoms with Gasteiger partial charge in [-0.3, -0.25) is 19.8 Å². The van der Waals surface area contributed by atoms with Gasteiger partial charge in [-0.15, -0.1) is 0 Å². The molecule has 0 bridgehead atoms. The van der Waals surface area contributed by atoms with E-state index < -0.39 is 23.5 Å². The van der Waals surface area contributed by atoms with Crippen molar-refractivity contribution < 1.29 is 32.7 Å². The van der Waals surface area contributed by atoms with E-state index in [4.69, 9.17) is 9.47 Å². The fourth-order valence-electron chi connectivity index (χ4n) is 2.77. The molecule has 0 aromatic heterocycles. The SMILES string of the molecule is COc1ccc([N+](=O)[O-])cc1NC(=O)C(C)N(C)Cc1ccc(OC(F)F)c(OC)c1.